The first-order chi connectivity index (χ1) is 8.07. The third kappa shape index (κ3) is 2.50. The van der Waals surface area contributed by atoms with Gasteiger partial charge in [-0.15, -0.1) is 0 Å². The molecule has 92 valence electrons. The first kappa shape index (κ1) is 12.1. The summed E-state index contributed by atoms with van der Waals surface area (Å²) in [5, 5.41) is 0. The average Bonchev–Trinajstić information content (AvgIpc) is 3.07. The van der Waals surface area contributed by atoms with Crippen LogP contribution in [-0.2, 0) is 11.3 Å². The van der Waals surface area contributed by atoms with Gasteiger partial charge in [-0.25, -0.2) is 0 Å². The Balaban J connectivity index is 2.10. The van der Waals surface area contributed by atoms with Crippen LogP contribution >= 0.6 is 0 Å². The van der Waals surface area contributed by atoms with E-state index in [1.807, 2.05) is 24.0 Å². The fourth-order valence-corrected chi connectivity index (χ4v) is 1.98. The minimum atomic E-state index is -0.557. The van der Waals surface area contributed by atoms with E-state index < -0.39 is 5.54 Å². The second-order valence-electron chi connectivity index (χ2n) is 4.90. The van der Waals surface area contributed by atoms with E-state index in [9.17, 15) is 4.79 Å². The van der Waals surface area contributed by atoms with E-state index in [4.69, 9.17) is 5.73 Å². The SMILES string of the molecule is CCN(Cc1ccccc1C)C(=O)C1(N)CC1. The zero-order valence-corrected chi connectivity index (χ0v) is 10.6. The summed E-state index contributed by atoms with van der Waals surface area (Å²) >= 11 is 0. The first-order valence-electron chi connectivity index (χ1n) is 6.19. The Morgan fingerprint density at radius 2 is 2.06 bits per heavy atom. The lowest BCUT2D eigenvalue weighted by Gasteiger charge is -2.25. The standard InChI is InChI=1S/C14H20N2O/c1-3-16(13(17)14(15)8-9-14)10-12-7-5-4-6-11(12)2/h4-7H,3,8-10,15H2,1-2H3. The van der Waals surface area contributed by atoms with Crippen LogP contribution in [0.1, 0.15) is 30.9 Å². The largest absolute Gasteiger partial charge is 0.337 e. The van der Waals surface area contributed by atoms with Crippen molar-refractivity contribution in [1.29, 1.82) is 0 Å². The Bertz CT molecular complexity index is 424. The van der Waals surface area contributed by atoms with Crippen molar-refractivity contribution >= 4 is 5.91 Å². The van der Waals surface area contributed by atoms with Crippen LogP contribution in [0.2, 0.25) is 0 Å². The number of carbonyl (C=O) groups excluding carboxylic acids is 1. The molecule has 2 rings (SSSR count). The number of carbonyl (C=O) groups is 1. The number of hydrogen-bond donors (Lipinski definition) is 1. The minimum absolute atomic E-state index is 0.100. The molecule has 0 radical (unpaired) electrons. The number of hydrogen-bond acceptors (Lipinski definition) is 2. The molecule has 0 spiro atoms. The fourth-order valence-electron chi connectivity index (χ4n) is 1.98. The minimum Gasteiger partial charge on any atom is -0.337 e. The topological polar surface area (TPSA) is 46.3 Å². The van der Waals surface area contributed by atoms with Crippen LogP contribution in [-0.4, -0.2) is 22.9 Å². The van der Waals surface area contributed by atoms with Gasteiger partial charge in [-0.2, -0.15) is 0 Å². The van der Waals surface area contributed by atoms with Gasteiger partial charge in [0.15, 0.2) is 0 Å². The van der Waals surface area contributed by atoms with E-state index in [2.05, 4.69) is 19.1 Å². The van der Waals surface area contributed by atoms with Crippen LogP contribution in [0.5, 0.6) is 0 Å². The molecule has 0 atom stereocenters. The highest BCUT2D eigenvalue weighted by Gasteiger charge is 2.47. The number of benzene rings is 1. The third-order valence-electron chi connectivity index (χ3n) is 3.51. The predicted molar refractivity (Wildman–Crippen MR) is 68.4 cm³/mol. The van der Waals surface area contributed by atoms with Gasteiger partial charge in [-0.05, 0) is 37.8 Å². The summed E-state index contributed by atoms with van der Waals surface area (Å²) in [6, 6.07) is 8.17. The summed E-state index contributed by atoms with van der Waals surface area (Å²) in [6.07, 6.45) is 1.66. The summed E-state index contributed by atoms with van der Waals surface area (Å²) < 4.78 is 0. The van der Waals surface area contributed by atoms with Crippen molar-refractivity contribution in [3.8, 4) is 0 Å². The lowest BCUT2D eigenvalue weighted by atomic mass is 10.1. The highest BCUT2D eigenvalue weighted by atomic mass is 16.2. The van der Waals surface area contributed by atoms with Gasteiger partial charge in [0.25, 0.3) is 0 Å². The van der Waals surface area contributed by atoms with Crippen LogP contribution in [0.25, 0.3) is 0 Å². The molecule has 0 bridgehead atoms. The van der Waals surface area contributed by atoms with E-state index in [1.165, 1.54) is 11.1 Å². The van der Waals surface area contributed by atoms with Gasteiger partial charge < -0.3 is 10.6 Å². The van der Waals surface area contributed by atoms with Gasteiger partial charge in [0.1, 0.15) is 0 Å². The lowest BCUT2D eigenvalue weighted by Crippen LogP contribution is -2.45. The predicted octanol–water partition coefficient (Wildman–Crippen LogP) is 1.83. The molecule has 0 heterocycles. The second-order valence-corrected chi connectivity index (χ2v) is 4.90. The number of aryl methyl sites for hydroxylation is 1. The highest BCUT2D eigenvalue weighted by molar-refractivity contribution is 5.89. The van der Waals surface area contributed by atoms with E-state index >= 15 is 0 Å². The van der Waals surface area contributed by atoms with E-state index in [1.54, 1.807) is 0 Å². The quantitative estimate of drug-likeness (QED) is 0.861. The molecule has 1 aliphatic rings. The zero-order valence-electron chi connectivity index (χ0n) is 10.6. The molecule has 0 saturated heterocycles. The van der Waals surface area contributed by atoms with E-state index in [0.717, 1.165) is 12.8 Å². The average molecular weight is 232 g/mol. The van der Waals surface area contributed by atoms with Crippen molar-refractivity contribution in [2.45, 2.75) is 38.8 Å². The molecule has 0 unspecified atom stereocenters. The molecule has 1 amide bonds. The molecule has 3 heteroatoms. The maximum Gasteiger partial charge on any atom is 0.242 e. The summed E-state index contributed by atoms with van der Waals surface area (Å²) in [5.41, 5.74) is 7.83. The molecule has 1 aromatic carbocycles. The second kappa shape index (κ2) is 4.49. The molecule has 1 fully saturated rings. The van der Waals surface area contributed by atoms with Crippen LogP contribution in [0.4, 0.5) is 0 Å². The lowest BCUT2D eigenvalue weighted by molar-refractivity contribution is -0.134. The number of nitrogens with two attached hydrogens (primary N) is 1. The number of amides is 1. The maximum atomic E-state index is 12.2. The summed E-state index contributed by atoms with van der Waals surface area (Å²) in [6.45, 7) is 5.46. The normalized spacial score (nSPS) is 16.6. The molecule has 2 N–H and O–H groups in total. The number of likely N-dealkylation sites (N-methyl/N-ethyl adjacent to an activating group) is 1. The summed E-state index contributed by atoms with van der Waals surface area (Å²) in [5.74, 6) is 0.100. The van der Waals surface area contributed by atoms with E-state index in [0.29, 0.717) is 13.1 Å². The van der Waals surface area contributed by atoms with Gasteiger partial charge in [0.05, 0.1) is 5.54 Å². The Morgan fingerprint density at radius 1 is 1.41 bits per heavy atom. The molecule has 3 nitrogen and oxygen atoms in total. The van der Waals surface area contributed by atoms with Crippen LogP contribution in [0.3, 0.4) is 0 Å². The Morgan fingerprint density at radius 3 is 2.59 bits per heavy atom. The Hall–Kier alpha value is -1.35. The highest BCUT2D eigenvalue weighted by Crippen LogP contribution is 2.34. The van der Waals surface area contributed by atoms with Crippen LogP contribution in [0.15, 0.2) is 24.3 Å². The smallest absolute Gasteiger partial charge is 0.242 e. The summed E-state index contributed by atoms with van der Waals surface area (Å²) in [4.78, 5) is 14.0. The van der Waals surface area contributed by atoms with Crippen molar-refractivity contribution in [3.63, 3.8) is 0 Å². The fraction of sp³-hybridized carbons (Fsp3) is 0.500. The molecule has 1 aromatic rings. The van der Waals surface area contributed by atoms with Gasteiger partial charge >= 0.3 is 0 Å². The molecule has 1 saturated carbocycles. The van der Waals surface area contributed by atoms with Crippen LogP contribution in [0, 0.1) is 6.92 Å². The molecular weight excluding hydrogens is 212 g/mol. The number of rotatable bonds is 4. The van der Waals surface area contributed by atoms with Gasteiger partial charge in [0.2, 0.25) is 5.91 Å². The van der Waals surface area contributed by atoms with Gasteiger partial charge in [-0.1, -0.05) is 24.3 Å². The van der Waals surface area contributed by atoms with Crippen LogP contribution < -0.4 is 5.73 Å². The molecule has 17 heavy (non-hydrogen) atoms. The molecule has 0 aromatic heterocycles. The third-order valence-corrected chi connectivity index (χ3v) is 3.51. The molecule has 0 aliphatic heterocycles. The van der Waals surface area contributed by atoms with E-state index in [-0.39, 0.29) is 5.91 Å². The zero-order chi connectivity index (χ0) is 12.5. The van der Waals surface area contributed by atoms with Crippen molar-refractivity contribution in [2.75, 3.05) is 6.54 Å². The van der Waals surface area contributed by atoms with Crippen molar-refractivity contribution in [2.24, 2.45) is 5.73 Å². The van der Waals surface area contributed by atoms with Crippen molar-refractivity contribution in [3.05, 3.63) is 35.4 Å². The van der Waals surface area contributed by atoms with Crippen molar-refractivity contribution < 1.29 is 4.79 Å². The van der Waals surface area contributed by atoms with Crippen molar-refractivity contribution in [1.82, 2.24) is 4.90 Å². The first-order valence-corrected chi connectivity index (χ1v) is 6.19. The monoisotopic (exact) mass is 232 g/mol. The summed E-state index contributed by atoms with van der Waals surface area (Å²) in [7, 11) is 0. The Labute approximate surface area is 103 Å². The van der Waals surface area contributed by atoms with Gasteiger partial charge in [0, 0.05) is 13.1 Å². The Kier molecular flexibility index (Phi) is 3.20. The molecular formula is C14H20N2O. The number of nitrogens with zero attached hydrogens (tertiary/aromatic N) is 1. The molecule has 1 aliphatic carbocycles. The van der Waals surface area contributed by atoms with Gasteiger partial charge in [-0.3, -0.25) is 4.79 Å². The maximum absolute atomic E-state index is 12.2.